The predicted octanol–water partition coefficient (Wildman–Crippen LogP) is 3.29. The Morgan fingerprint density at radius 2 is 2.21 bits per heavy atom. The Morgan fingerprint density at radius 3 is 2.86 bits per heavy atom. The highest BCUT2D eigenvalue weighted by atomic mass is 35.5. The zero-order chi connectivity index (χ0) is 9.97. The normalized spacial score (nSPS) is 10.4. The van der Waals surface area contributed by atoms with E-state index in [9.17, 15) is 0 Å². The van der Waals surface area contributed by atoms with E-state index in [0.717, 1.165) is 17.7 Å². The van der Waals surface area contributed by atoms with E-state index in [1.165, 1.54) is 5.56 Å². The molecule has 1 aromatic heterocycles. The van der Waals surface area contributed by atoms with Gasteiger partial charge in [-0.2, -0.15) is 5.10 Å². The van der Waals surface area contributed by atoms with Crippen LogP contribution in [0.3, 0.4) is 0 Å². The van der Waals surface area contributed by atoms with Crippen molar-refractivity contribution in [3.8, 4) is 11.3 Å². The molecule has 2 rings (SSSR count). The van der Waals surface area contributed by atoms with Crippen LogP contribution in [-0.2, 0) is 6.42 Å². The first-order valence-corrected chi connectivity index (χ1v) is 4.97. The molecule has 2 aromatic rings. The third-order valence-electron chi connectivity index (χ3n) is 2.18. The highest BCUT2D eigenvalue weighted by Gasteiger charge is 2.02. The van der Waals surface area contributed by atoms with Gasteiger partial charge in [0.25, 0.3) is 0 Å². The summed E-state index contributed by atoms with van der Waals surface area (Å²) in [4.78, 5) is 0. The third-order valence-corrected chi connectivity index (χ3v) is 2.37. The average Bonchev–Trinajstić information content (AvgIpc) is 2.65. The number of halogens is 1. The number of hydrogen-bond donors (Lipinski definition) is 1. The molecule has 0 aliphatic carbocycles. The molecule has 0 spiro atoms. The van der Waals surface area contributed by atoms with Crippen molar-refractivity contribution >= 4 is 11.6 Å². The van der Waals surface area contributed by atoms with Crippen LogP contribution in [0.15, 0.2) is 30.3 Å². The maximum Gasteiger partial charge on any atom is 0.124 e. The van der Waals surface area contributed by atoms with Crippen molar-refractivity contribution in [2.24, 2.45) is 0 Å². The Hall–Kier alpha value is -1.28. The highest BCUT2D eigenvalue weighted by molar-refractivity contribution is 6.29. The van der Waals surface area contributed by atoms with Gasteiger partial charge in [-0.05, 0) is 18.1 Å². The summed E-state index contributed by atoms with van der Waals surface area (Å²) in [5.74, 6) is 0. The minimum atomic E-state index is 0.571. The van der Waals surface area contributed by atoms with Crippen LogP contribution in [0.2, 0.25) is 5.15 Å². The van der Waals surface area contributed by atoms with Gasteiger partial charge in [-0.1, -0.05) is 36.7 Å². The Labute approximate surface area is 87.9 Å². The Kier molecular flexibility index (Phi) is 2.55. The van der Waals surface area contributed by atoms with Crippen molar-refractivity contribution in [3.05, 3.63) is 41.0 Å². The first kappa shape index (κ1) is 9.28. The summed E-state index contributed by atoms with van der Waals surface area (Å²) in [7, 11) is 0. The summed E-state index contributed by atoms with van der Waals surface area (Å²) in [5, 5.41) is 7.40. The van der Waals surface area contributed by atoms with Crippen molar-refractivity contribution in [2.75, 3.05) is 0 Å². The molecule has 1 N–H and O–H groups in total. The van der Waals surface area contributed by atoms with Crippen LogP contribution in [-0.4, -0.2) is 10.2 Å². The van der Waals surface area contributed by atoms with Gasteiger partial charge in [0, 0.05) is 11.6 Å². The molecular weight excluding hydrogens is 196 g/mol. The smallest absolute Gasteiger partial charge is 0.124 e. The fraction of sp³-hybridized carbons (Fsp3) is 0.182. The summed E-state index contributed by atoms with van der Waals surface area (Å²) < 4.78 is 0. The SMILES string of the molecule is CCc1cccc(-c2cc(Cl)[nH]n2)c1. The molecule has 3 heteroatoms. The van der Waals surface area contributed by atoms with Gasteiger partial charge < -0.3 is 0 Å². The minimum absolute atomic E-state index is 0.571. The summed E-state index contributed by atoms with van der Waals surface area (Å²) in [6.45, 7) is 2.14. The largest absolute Gasteiger partial charge is 0.267 e. The van der Waals surface area contributed by atoms with Gasteiger partial charge in [-0.15, -0.1) is 0 Å². The van der Waals surface area contributed by atoms with E-state index in [1.807, 2.05) is 18.2 Å². The Balaban J connectivity index is 2.41. The Bertz CT molecular complexity index is 434. The molecule has 0 fully saturated rings. The second kappa shape index (κ2) is 3.84. The summed E-state index contributed by atoms with van der Waals surface area (Å²) >= 11 is 5.77. The zero-order valence-electron chi connectivity index (χ0n) is 7.92. The molecule has 0 aliphatic rings. The van der Waals surface area contributed by atoms with Crippen LogP contribution in [0.1, 0.15) is 12.5 Å². The molecule has 0 atom stereocenters. The summed E-state index contributed by atoms with van der Waals surface area (Å²) in [6, 6.07) is 10.1. The van der Waals surface area contributed by atoms with E-state index in [-0.39, 0.29) is 0 Å². The second-order valence-corrected chi connectivity index (χ2v) is 3.56. The molecular formula is C11H11ClN2. The van der Waals surface area contributed by atoms with E-state index in [2.05, 4.69) is 29.3 Å². The number of hydrogen-bond acceptors (Lipinski definition) is 1. The molecule has 0 saturated carbocycles. The van der Waals surface area contributed by atoms with Gasteiger partial charge in [-0.25, -0.2) is 0 Å². The van der Waals surface area contributed by atoms with Crippen LogP contribution in [0, 0.1) is 0 Å². The predicted molar refractivity (Wildman–Crippen MR) is 58.4 cm³/mol. The average molecular weight is 207 g/mol. The molecule has 1 heterocycles. The van der Waals surface area contributed by atoms with Crippen LogP contribution < -0.4 is 0 Å². The fourth-order valence-corrected chi connectivity index (χ4v) is 1.54. The monoisotopic (exact) mass is 206 g/mol. The number of benzene rings is 1. The summed E-state index contributed by atoms with van der Waals surface area (Å²) in [6.07, 6.45) is 1.03. The molecule has 0 unspecified atom stereocenters. The molecule has 0 radical (unpaired) electrons. The van der Waals surface area contributed by atoms with E-state index >= 15 is 0 Å². The molecule has 0 amide bonds. The van der Waals surface area contributed by atoms with E-state index in [4.69, 9.17) is 11.6 Å². The van der Waals surface area contributed by atoms with Gasteiger partial charge in [-0.3, -0.25) is 5.10 Å². The number of H-pyrrole nitrogens is 1. The number of rotatable bonds is 2. The van der Waals surface area contributed by atoms with Crippen molar-refractivity contribution in [1.29, 1.82) is 0 Å². The van der Waals surface area contributed by atoms with E-state index < -0.39 is 0 Å². The molecule has 14 heavy (non-hydrogen) atoms. The van der Waals surface area contributed by atoms with Crippen molar-refractivity contribution in [3.63, 3.8) is 0 Å². The second-order valence-electron chi connectivity index (χ2n) is 3.16. The number of aryl methyl sites for hydroxylation is 1. The molecule has 2 nitrogen and oxygen atoms in total. The van der Waals surface area contributed by atoms with E-state index in [1.54, 1.807) is 0 Å². The van der Waals surface area contributed by atoms with Crippen molar-refractivity contribution in [1.82, 2.24) is 10.2 Å². The molecule has 0 bridgehead atoms. The molecule has 0 saturated heterocycles. The van der Waals surface area contributed by atoms with Crippen LogP contribution in [0.25, 0.3) is 11.3 Å². The lowest BCUT2D eigenvalue weighted by Gasteiger charge is -1.99. The van der Waals surface area contributed by atoms with Crippen LogP contribution >= 0.6 is 11.6 Å². The van der Waals surface area contributed by atoms with Crippen LogP contribution in [0.5, 0.6) is 0 Å². The first-order chi connectivity index (χ1) is 6.79. The lowest BCUT2D eigenvalue weighted by Crippen LogP contribution is -1.82. The van der Waals surface area contributed by atoms with E-state index in [0.29, 0.717) is 5.15 Å². The maximum absolute atomic E-state index is 5.77. The van der Waals surface area contributed by atoms with Gasteiger partial charge in [0.15, 0.2) is 0 Å². The Morgan fingerprint density at radius 1 is 1.36 bits per heavy atom. The van der Waals surface area contributed by atoms with Crippen molar-refractivity contribution < 1.29 is 0 Å². The third kappa shape index (κ3) is 1.80. The topological polar surface area (TPSA) is 28.7 Å². The maximum atomic E-state index is 5.77. The number of nitrogens with one attached hydrogen (secondary N) is 1. The fourth-order valence-electron chi connectivity index (χ4n) is 1.40. The lowest BCUT2D eigenvalue weighted by atomic mass is 10.1. The standard InChI is InChI=1S/C11H11ClN2/c1-2-8-4-3-5-9(6-8)10-7-11(12)14-13-10/h3-7H,2H2,1H3,(H,13,14). The summed E-state index contributed by atoms with van der Waals surface area (Å²) in [5.41, 5.74) is 3.31. The molecule has 72 valence electrons. The van der Waals surface area contributed by atoms with Gasteiger partial charge in [0.05, 0.1) is 5.69 Å². The lowest BCUT2D eigenvalue weighted by molar-refractivity contribution is 1.09. The number of aromatic nitrogens is 2. The quantitative estimate of drug-likeness (QED) is 0.803. The zero-order valence-corrected chi connectivity index (χ0v) is 8.67. The highest BCUT2D eigenvalue weighted by Crippen LogP contribution is 2.20. The van der Waals surface area contributed by atoms with Crippen molar-refractivity contribution in [2.45, 2.75) is 13.3 Å². The minimum Gasteiger partial charge on any atom is -0.267 e. The number of nitrogens with zero attached hydrogens (tertiary/aromatic N) is 1. The number of aromatic amines is 1. The van der Waals surface area contributed by atoms with Crippen LogP contribution in [0.4, 0.5) is 0 Å². The first-order valence-electron chi connectivity index (χ1n) is 4.60. The van der Waals surface area contributed by atoms with Gasteiger partial charge in [0.2, 0.25) is 0 Å². The molecule has 1 aromatic carbocycles. The molecule has 0 aliphatic heterocycles. The van der Waals surface area contributed by atoms with Gasteiger partial charge in [0.1, 0.15) is 5.15 Å². The van der Waals surface area contributed by atoms with Gasteiger partial charge >= 0.3 is 0 Å².